The minimum absolute atomic E-state index is 0.116. The van der Waals surface area contributed by atoms with Crippen LogP contribution in [0.15, 0.2) is 30.3 Å². The minimum atomic E-state index is 0.116. The number of likely N-dealkylation sites (N-methyl/N-ethyl adjacent to an activating group) is 1. The molecule has 0 fully saturated rings. The lowest BCUT2D eigenvalue weighted by Gasteiger charge is -2.25. The molecule has 102 valence electrons. The highest BCUT2D eigenvalue weighted by molar-refractivity contribution is 5.18. The lowest BCUT2D eigenvalue weighted by molar-refractivity contribution is 0.252. The fraction of sp³-hybridized carbons (Fsp3) is 0.600. The van der Waals surface area contributed by atoms with Crippen LogP contribution >= 0.6 is 0 Å². The van der Waals surface area contributed by atoms with Crippen molar-refractivity contribution in [1.29, 1.82) is 0 Å². The minimum Gasteiger partial charge on any atom is -0.323 e. The van der Waals surface area contributed by atoms with Gasteiger partial charge in [-0.05, 0) is 45.7 Å². The van der Waals surface area contributed by atoms with E-state index >= 15 is 0 Å². The molecule has 0 bridgehead atoms. The maximum Gasteiger partial charge on any atom is 0.0424 e. The first-order valence-electron chi connectivity index (χ1n) is 6.81. The molecule has 0 aliphatic carbocycles. The van der Waals surface area contributed by atoms with Crippen molar-refractivity contribution < 1.29 is 0 Å². The molecule has 1 unspecified atom stereocenters. The average molecular weight is 249 g/mol. The van der Waals surface area contributed by atoms with Crippen molar-refractivity contribution in [3.05, 3.63) is 35.9 Å². The van der Waals surface area contributed by atoms with Gasteiger partial charge in [-0.2, -0.15) is 0 Å². The average Bonchev–Trinajstić information content (AvgIpc) is 2.38. The van der Waals surface area contributed by atoms with E-state index in [1.54, 1.807) is 0 Å². The summed E-state index contributed by atoms with van der Waals surface area (Å²) in [5, 5.41) is 0. The fourth-order valence-electron chi connectivity index (χ4n) is 2.07. The Hall–Kier alpha value is -0.900. The van der Waals surface area contributed by atoms with E-state index in [9.17, 15) is 0 Å². The molecule has 3 heteroatoms. The van der Waals surface area contributed by atoms with Crippen LogP contribution in [0.5, 0.6) is 0 Å². The zero-order valence-electron chi connectivity index (χ0n) is 12.0. The quantitative estimate of drug-likeness (QED) is 0.764. The summed E-state index contributed by atoms with van der Waals surface area (Å²) in [6.07, 6.45) is 1.20. The van der Waals surface area contributed by atoms with E-state index in [1.807, 2.05) is 6.07 Å². The predicted octanol–water partition coefficient (Wildman–Crippen LogP) is 1.96. The normalized spacial score (nSPS) is 13.2. The molecule has 1 aromatic rings. The van der Waals surface area contributed by atoms with Crippen LogP contribution in [0.3, 0.4) is 0 Å². The van der Waals surface area contributed by atoms with Gasteiger partial charge in [0.25, 0.3) is 0 Å². The molecule has 18 heavy (non-hydrogen) atoms. The zero-order chi connectivity index (χ0) is 13.4. The van der Waals surface area contributed by atoms with Gasteiger partial charge in [-0.25, -0.2) is 0 Å². The largest absolute Gasteiger partial charge is 0.323 e. The molecule has 0 aromatic heterocycles. The summed E-state index contributed by atoms with van der Waals surface area (Å²) in [4.78, 5) is 4.66. The molecule has 0 heterocycles. The summed E-state index contributed by atoms with van der Waals surface area (Å²) in [6, 6.07) is 10.5. The Morgan fingerprint density at radius 3 is 2.33 bits per heavy atom. The van der Waals surface area contributed by atoms with Gasteiger partial charge in [-0.1, -0.05) is 37.3 Å². The Bertz CT molecular complexity index is 311. The van der Waals surface area contributed by atoms with Gasteiger partial charge < -0.3 is 15.5 Å². The van der Waals surface area contributed by atoms with Crippen LogP contribution in [0.4, 0.5) is 0 Å². The molecule has 0 aliphatic rings. The predicted molar refractivity (Wildman–Crippen MR) is 78.7 cm³/mol. The fourth-order valence-corrected chi connectivity index (χ4v) is 2.07. The van der Waals surface area contributed by atoms with Crippen molar-refractivity contribution in [1.82, 2.24) is 9.80 Å². The summed E-state index contributed by atoms with van der Waals surface area (Å²) in [5.41, 5.74) is 7.48. The lowest BCUT2D eigenvalue weighted by Crippen LogP contribution is -2.34. The van der Waals surface area contributed by atoms with Crippen LogP contribution < -0.4 is 5.73 Å². The number of hydrogen-bond acceptors (Lipinski definition) is 3. The van der Waals surface area contributed by atoms with Gasteiger partial charge in [0.15, 0.2) is 0 Å². The van der Waals surface area contributed by atoms with E-state index in [-0.39, 0.29) is 6.04 Å². The van der Waals surface area contributed by atoms with Gasteiger partial charge in [0.2, 0.25) is 0 Å². The maximum absolute atomic E-state index is 6.25. The van der Waals surface area contributed by atoms with Crippen LogP contribution in [0.1, 0.15) is 24.9 Å². The second kappa shape index (κ2) is 8.25. The molecule has 3 nitrogen and oxygen atoms in total. The molecule has 0 aliphatic heterocycles. The van der Waals surface area contributed by atoms with Crippen LogP contribution in [-0.2, 0) is 0 Å². The van der Waals surface area contributed by atoms with E-state index in [4.69, 9.17) is 5.73 Å². The van der Waals surface area contributed by atoms with E-state index < -0.39 is 0 Å². The molecule has 1 aromatic carbocycles. The van der Waals surface area contributed by atoms with E-state index in [0.717, 1.165) is 26.2 Å². The van der Waals surface area contributed by atoms with Crippen molar-refractivity contribution in [2.75, 3.05) is 40.3 Å². The van der Waals surface area contributed by atoms with Gasteiger partial charge in [0.1, 0.15) is 0 Å². The highest BCUT2D eigenvalue weighted by Gasteiger charge is 2.10. The second-order valence-electron chi connectivity index (χ2n) is 5.07. The molecule has 2 N–H and O–H groups in total. The molecule has 0 saturated carbocycles. The van der Waals surface area contributed by atoms with Crippen LogP contribution in [0, 0.1) is 0 Å². The summed E-state index contributed by atoms with van der Waals surface area (Å²) in [5.74, 6) is 0. The van der Waals surface area contributed by atoms with Crippen LogP contribution in [0.2, 0.25) is 0 Å². The van der Waals surface area contributed by atoms with Crippen molar-refractivity contribution in [3.63, 3.8) is 0 Å². The smallest absolute Gasteiger partial charge is 0.0424 e. The third-order valence-corrected chi connectivity index (χ3v) is 3.21. The molecule has 0 amide bonds. The molecule has 0 spiro atoms. The first kappa shape index (κ1) is 15.2. The van der Waals surface area contributed by atoms with Gasteiger partial charge in [0, 0.05) is 12.6 Å². The molecule has 0 saturated heterocycles. The molecule has 0 radical (unpaired) electrons. The molecule has 1 rings (SSSR count). The topological polar surface area (TPSA) is 32.5 Å². The van der Waals surface area contributed by atoms with Crippen molar-refractivity contribution >= 4 is 0 Å². The van der Waals surface area contributed by atoms with E-state index in [0.29, 0.717) is 0 Å². The first-order chi connectivity index (χ1) is 8.63. The number of nitrogens with zero attached hydrogens (tertiary/aromatic N) is 2. The zero-order valence-corrected chi connectivity index (χ0v) is 12.0. The first-order valence-corrected chi connectivity index (χ1v) is 6.81. The van der Waals surface area contributed by atoms with E-state index in [2.05, 4.69) is 55.1 Å². The van der Waals surface area contributed by atoms with Crippen molar-refractivity contribution in [3.8, 4) is 0 Å². The maximum atomic E-state index is 6.25. The molecule has 1 atom stereocenters. The van der Waals surface area contributed by atoms with Gasteiger partial charge in [0.05, 0.1) is 0 Å². The SMILES string of the molecule is CCN(CCCN(C)C)CC(N)c1ccccc1. The summed E-state index contributed by atoms with van der Waals surface area (Å²) < 4.78 is 0. The Labute approximate surface area is 112 Å². The van der Waals surface area contributed by atoms with Gasteiger partial charge >= 0.3 is 0 Å². The summed E-state index contributed by atoms with van der Waals surface area (Å²) in [7, 11) is 4.23. The standard InChI is InChI=1S/C15H27N3/c1-4-18(12-8-11-17(2)3)13-15(16)14-9-6-5-7-10-14/h5-7,9-10,15H,4,8,11-13,16H2,1-3H3. The van der Waals surface area contributed by atoms with Crippen molar-refractivity contribution in [2.24, 2.45) is 5.73 Å². The highest BCUT2D eigenvalue weighted by Crippen LogP contribution is 2.11. The number of nitrogens with two attached hydrogens (primary N) is 1. The number of rotatable bonds is 8. The monoisotopic (exact) mass is 249 g/mol. The van der Waals surface area contributed by atoms with Gasteiger partial charge in [-0.15, -0.1) is 0 Å². The van der Waals surface area contributed by atoms with Crippen LogP contribution in [0.25, 0.3) is 0 Å². The Kier molecular flexibility index (Phi) is 6.94. The van der Waals surface area contributed by atoms with Crippen LogP contribution in [-0.4, -0.2) is 50.1 Å². The Morgan fingerprint density at radius 1 is 1.11 bits per heavy atom. The Morgan fingerprint density at radius 2 is 1.78 bits per heavy atom. The number of hydrogen-bond donors (Lipinski definition) is 1. The summed E-state index contributed by atoms with van der Waals surface area (Å²) >= 11 is 0. The van der Waals surface area contributed by atoms with Crippen molar-refractivity contribution in [2.45, 2.75) is 19.4 Å². The third kappa shape index (κ3) is 5.63. The molecular formula is C15H27N3. The second-order valence-corrected chi connectivity index (χ2v) is 5.07. The summed E-state index contributed by atoms with van der Waals surface area (Å²) in [6.45, 7) is 6.46. The third-order valence-electron chi connectivity index (χ3n) is 3.21. The number of benzene rings is 1. The lowest BCUT2D eigenvalue weighted by atomic mass is 10.1. The Balaban J connectivity index is 2.38. The van der Waals surface area contributed by atoms with Gasteiger partial charge in [-0.3, -0.25) is 0 Å². The molecular weight excluding hydrogens is 222 g/mol. The highest BCUT2D eigenvalue weighted by atomic mass is 15.1. The van der Waals surface area contributed by atoms with E-state index in [1.165, 1.54) is 12.0 Å².